The van der Waals surface area contributed by atoms with Crippen molar-refractivity contribution in [1.82, 2.24) is 0 Å². The number of esters is 1. The van der Waals surface area contributed by atoms with Crippen molar-refractivity contribution in [3.05, 3.63) is 63.7 Å². The summed E-state index contributed by atoms with van der Waals surface area (Å²) in [5.74, 6) is 0.574. The van der Waals surface area contributed by atoms with E-state index < -0.39 is 0 Å². The molecule has 2 aliphatic rings. The molecule has 130 valence electrons. The van der Waals surface area contributed by atoms with Crippen LogP contribution < -0.4 is 4.74 Å². The van der Waals surface area contributed by atoms with E-state index in [1.54, 1.807) is 6.07 Å². The summed E-state index contributed by atoms with van der Waals surface area (Å²) in [7, 11) is 1.41. The summed E-state index contributed by atoms with van der Waals surface area (Å²) in [6.07, 6.45) is 5.26. The number of halogens is 1. The van der Waals surface area contributed by atoms with E-state index in [-0.39, 0.29) is 11.4 Å². The molecule has 1 spiro atoms. The zero-order valence-electron chi connectivity index (χ0n) is 14.3. The number of carbonyl (C=O) groups is 1. The molecule has 4 heteroatoms. The zero-order chi connectivity index (χ0) is 17.4. The number of rotatable bonds is 1. The minimum Gasteiger partial charge on any atom is -0.492 e. The molecule has 25 heavy (non-hydrogen) atoms. The van der Waals surface area contributed by atoms with Crippen LogP contribution in [0.2, 0.25) is 5.02 Å². The fourth-order valence-corrected chi connectivity index (χ4v) is 4.47. The van der Waals surface area contributed by atoms with Gasteiger partial charge in [0, 0.05) is 10.4 Å². The van der Waals surface area contributed by atoms with E-state index >= 15 is 0 Å². The number of hydrogen-bond donors (Lipinski definition) is 0. The molecule has 0 amide bonds. The number of fused-ring (bicyclic) bond motifs is 3. The lowest BCUT2D eigenvalue weighted by Crippen LogP contribution is -2.36. The predicted octanol–water partition coefficient (Wildman–Crippen LogP) is 4.73. The molecule has 1 heterocycles. The van der Waals surface area contributed by atoms with Crippen LogP contribution in [0.3, 0.4) is 0 Å². The van der Waals surface area contributed by atoms with Crippen LogP contribution in [0.25, 0.3) is 0 Å². The minimum atomic E-state index is -0.306. The van der Waals surface area contributed by atoms with Crippen LogP contribution in [0, 0.1) is 0 Å². The first-order chi connectivity index (χ1) is 12.1. The third-order valence-electron chi connectivity index (χ3n) is 5.60. The monoisotopic (exact) mass is 356 g/mol. The molecule has 0 N–H and O–H groups in total. The Kier molecular flexibility index (Phi) is 4.20. The Hall–Kier alpha value is -2.00. The van der Waals surface area contributed by atoms with Crippen LogP contribution >= 0.6 is 11.6 Å². The first-order valence-electron chi connectivity index (χ1n) is 8.74. The van der Waals surface area contributed by atoms with Crippen LogP contribution in [0.1, 0.15) is 46.3 Å². The van der Waals surface area contributed by atoms with Crippen molar-refractivity contribution in [3.8, 4) is 5.75 Å². The normalized spacial score (nSPS) is 21.7. The maximum absolute atomic E-state index is 11.8. The van der Waals surface area contributed by atoms with Gasteiger partial charge in [-0.3, -0.25) is 0 Å². The Morgan fingerprint density at radius 2 is 2.00 bits per heavy atom. The van der Waals surface area contributed by atoms with E-state index in [2.05, 4.69) is 12.1 Å². The van der Waals surface area contributed by atoms with Gasteiger partial charge < -0.3 is 9.47 Å². The molecule has 2 aromatic carbocycles. The van der Waals surface area contributed by atoms with E-state index in [0.717, 1.165) is 48.4 Å². The Balaban J connectivity index is 1.68. The molecule has 0 saturated heterocycles. The van der Waals surface area contributed by atoms with E-state index in [4.69, 9.17) is 21.1 Å². The van der Waals surface area contributed by atoms with Crippen molar-refractivity contribution in [1.29, 1.82) is 0 Å². The van der Waals surface area contributed by atoms with Gasteiger partial charge in [-0.25, -0.2) is 4.79 Å². The standard InChI is InChI=1S/C21H21ClO3/c1-24-20(23)16-4-7-19-15(11-16)8-10-21(13-25-19)9-2-3-14-12-17(22)5-6-18(14)21/h4-7,11-12H,2-3,8-10,13H2,1H3/t21-/m0/s1. The molecule has 0 fully saturated rings. The molecule has 1 aliphatic carbocycles. The maximum Gasteiger partial charge on any atom is 0.337 e. The lowest BCUT2D eigenvalue weighted by molar-refractivity contribution is 0.0600. The van der Waals surface area contributed by atoms with Crippen LogP contribution in [0.4, 0.5) is 0 Å². The van der Waals surface area contributed by atoms with Crippen LogP contribution in [-0.4, -0.2) is 19.7 Å². The van der Waals surface area contributed by atoms with Crippen molar-refractivity contribution >= 4 is 17.6 Å². The van der Waals surface area contributed by atoms with Gasteiger partial charge in [0.1, 0.15) is 5.75 Å². The summed E-state index contributed by atoms with van der Waals surface area (Å²) in [6.45, 7) is 0.673. The average molecular weight is 357 g/mol. The molecule has 4 rings (SSSR count). The van der Waals surface area contributed by atoms with Gasteiger partial charge in [0.05, 0.1) is 19.3 Å². The van der Waals surface area contributed by atoms with Gasteiger partial charge in [0.15, 0.2) is 0 Å². The zero-order valence-corrected chi connectivity index (χ0v) is 15.1. The number of carbonyl (C=O) groups excluding carboxylic acids is 1. The van der Waals surface area contributed by atoms with Gasteiger partial charge in [0.25, 0.3) is 0 Å². The maximum atomic E-state index is 11.8. The summed E-state index contributed by atoms with van der Waals surface area (Å²) in [5.41, 5.74) is 4.42. The molecule has 0 saturated carbocycles. The fourth-order valence-electron chi connectivity index (χ4n) is 4.27. The highest BCUT2D eigenvalue weighted by molar-refractivity contribution is 6.30. The highest BCUT2D eigenvalue weighted by Gasteiger charge is 2.39. The first-order valence-corrected chi connectivity index (χ1v) is 9.12. The van der Waals surface area contributed by atoms with E-state index in [1.165, 1.54) is 18.2 Å². The summed E-state index contributed by atoms with van der Waals surface area (Å²) in [6, 6.07) is 11.8. The largest absolute Gasteiger partial charge is 0.492 e. The lowest BCUT2D eigenvalue weighted by Gasteiger charge is -2.38. The topological polar surface area (TPSA) is 35.5 Å². The van der Waals surface area contributed by atoms with Crippen LogP contribution in [-0.2, 0) is 23.0 Å². The molecular weight excluding hydrogens is 336 g/mol. The third kappa shape index (κ3) is 2.91. The summed E-state index contributed by atoms with van der Waals surface area (Å²) < 4.78 is 11.0. The summed E-state index contributed by atoms with van der Waals surface area (Å²) in [4.78, 5) is 11.8. The van der Waals surface area contributed by atoms with Crippen molar-refractivity contribution in [2.75, 3.05) is 13.7 Å². The Bertz CT molecular complexity index is 830. The average Bonchev–Trinajstić information content (AvgIpc) is 2.81. The molecule has 0 bridgehead atoms. The van der Waals surface area contributed by atoms with E-state index in [0.29, 0.717) is 12.2 Å². The summed E-state index contributed by atoms with van der Waals surface area (Å²) in [5, 5.41) is 0.802. The smallest absolute Gasteiger partial charge is 0.337 e. The molecule has 0 radical (unpaired) electrons. The number of benzene rings is 2. The highest BCUT2D eigenvalue weighted by Crippen LogP contribution is 2.44. The molecule has 0 aromatic heterocycles. The SMILES string of the molecule is COC(=O)c1ccc2c(c1)CC[C@@]1(CCCc3cc(Cl)ccc31)CO2. The lowest BCUT2D eigenvalue weighted by atomic mass is 9.68. The second-order valence-electron chi connectivity index (χ2n) is 7.04. The fraction of sp³-hybridized carbons (Fsp3) is 0.381. The predicted molar refractivity (Wildman–Crippen MR) is 97.7 cm³/mol. The van der Waals surface area contributed by atoms with E-state index in [1.807, 2.05) is 18.2 Å². The van der Waals surface area contributed by atoms with Gasteiger partial charge in [-0.2, -0.15) is 0 Å². The van der Waals surface area contributed by atoms with Gasteiger partial charge >= 0.3 is 5.97 Å². The van der Waals surface area contributed by atoms with Gasteiger partial charge in [0.2, 0.25) is 0 Å². The molecular formula is C21H21ClO3. The number of ether oxygens (including phenoxy) is 2. The second kappa shape index (κ2) is 6.38. The molecule has 0 unspecified atom stereocenters. The van der Waals surface area contributed by atoms with Crippen molar-refractivity contribution < 1.29 is 14.3 Å². The highest BCUT2D eigenvalue weighted by atomic mass is 35.5. The molecule has 3 nitrogen and oxygen atoms in total. The number of hydrogen-bond acceptors (Lipinski definition) is 3. The number of methoxy groups -OCH3 is 1. The molecule has 2 aromatic rings. The van der Waals surface area contributed by atoms with Crippen molar-refractivity contribution in [2.24, 2.45) is 0 Å². The molecule has 1 aliphatic heterocycles. The Morgan fingerprint density at radius 3 is 2.84 bits per heavy atom. The Morgan fingerprint density at radius 1 is 1.12 bits per heavy atom. The van der Waals surface area contributed by atoms with E-state index in [9.17, 15) is 4.79 Å². The van der Waals surface area contributed by atoms with Crippen LogP contribution in [0.15, 0.2) is 36.4 Å². The van der Waals surface area contributed by atoms with Gasteiger partial charge in [-0.15, -0.1) is 0 Å². The summed E-state index contributed by atoms with van der Waals surface area (Å²) >= 11 is 6.20. The molecule has 1 atom stereocenters. The van der Waals surface area contributed by atoms with Crippen LogP contribution in [0.5, 0.6) is 5.75 Å². The van der Waals surface area contributed by atoms with Crippen molar-refractivity contribution in [3.63, 3.8) is 0 Å². The number of aryl methyl sites for hydroxylation is 2. The second-order valence-corrected chi connectivity index (χ2v) is 7.47. The quantitative estimate of drug-likeness (QED) is 0.693. The first kappa shape index (κ1) is 16.5. The van der Waals surface area contributed by atoms with Crippen molar-refractivity contribution in [2.45, 2.75) is 37.5 Å². The van der Waals surface area contributed by atoms with Gasteiger partial charge in [-0.05, 0) is 79.1 Å². The minimum absolute atomic E-state index is 0.0304. The Labute approximate surface area is 152 Å². The van der Waals surface area contributed by atoms with Gasteiger partial charge in [-0.1, -0.05) is 17.7 Å². The third-order valence-corrected chi connectivity index (χ3v) is 5.83.